The van der Waals surface area contributed by atoms with E-state index < -0.39 is 0 Å². The number of anilines is 1. The topological polar surface area (TPSA) is 29.1 Å². The quantitative estimate of drug-likeness (QED) is 0.624. The van der Waals surface area contributed by atoms with E-state index in [2.05, 4.69) is 11.0 Å². The zero-order chi connectivity index (χ0) is 11.3. The third kappa shape index (κ3) is 4.71. The smallest absolute Gasteiger partial charge is 0.256 e. The van der Waals surface area contributed by atoms with Crippen LogP contribution in [0, 0.1) is 6.92 Å². The molecule has 0 unspecified atom stereocenters. The van der Waals surface area contributed by atoms with E-state index >= 15 is 0 Å². The molecule has 4 heteroatoms. The van der Waals surface area contributed by atoms with Gasteiger partial charge < -0.3 is 5.32 Å². The third-order valence-electron chi connectivity index (χ3n) is 1.63. The average Bonchev–Trinajstić information content (AvgIpc) is 2.19. The van der Waals surface area contributed by atoms with E-state index in [0.29, 0.717) is 5.69 Å². The van der Waals surface area contributed by atoms with Gasteiger partial charge in [0.15, 0.2) is 0 Å². The molecule has 1 aromatic carbocycles. The minimum Gasteiger partial charge on any atom is -0.322 e. The molecule has 1 amide bonds. The lowest BCUT2D eigenvalue weighted by Gasteiger charge is -2.00. The summed E-state index contributed by atoms with van der Waals surface area (Å²) in [4.78, 5) is 11.2. The Morgan fingerprint density at radius 3 is 2.47 bits per heavy atom. The molecule has 1 aromatic rings. The van der Waals surface area contributed by atoms with Gasteiger partial charge in [-0.15, -0.1) is 0 Å². The van der Waals surface area contributed by atoms with Crippen molar-refractivity contribution in [1.82, 2.24) is 0 Å². The van der Waals surface area contributed by atoms with Crippen molar-refractivity contribution >= 4 is 34.8 Å². The number of carbonyl (C=O) groups is 1. The van der Waals surface area contributed by atoms with Gasteiger partial charge in [0.2, 0.25) is 0 Å². The van der Waals surface area contributed by atoms with Gasteiger partial charge in [0.05, 0.1) is 0 Å². The molecule has 78 valence electrons. The maximum absolute atomic E-state index is 11.2. The Morgan fingerprint density at radius 2 is 1.93 bits per heavy atom. The first-order chi connectivity index (χ1) is 7.08. The molecule has 0 spiro atoms. The molecule has 0 bridgehead atoms. The largest absolute Gasteiger partial charge is 0.322 e. The highest BCUT2D eigenvalue weighted by Crippen LogP contribution is 2.08. The Morgan fingerprint density at radius 1 is 1.33 bits per heavy atom. The minimum absolute atomic E-state index is 0.0749. The number of hydrogen-bond donors (Lipinski definition) is 1. The molecule has 0 aromatic heterocycles. The maximum Gasteiger partial charge on any atom is 0.256 e. The Balaban J connectivity index is 2.67. The molecule has 0 saturated carbocycles. The SMILES string of the molecule is Cc1ccc(NC(=O)C=C=C(Cl)Cl)cc1. The van der Waals surface area contributed by atoms with E-state index in [1.165, 1.54) is 0 Å². The number of carbonyl (C=O) groups excluding carboxylic acids is 1. The van der Waals surface area contributed by atoms with E-state index in [1.54, 1.807) is 0 Å². The molecule has 1 rings (SSSR count). The van der Waals surface area contributed by atoms with Crippen LogP contribution >= 0.6 is 23.2 Å². The van der Waals surface area contributed by atoms with Crippen molar-refractivity contribution in [2.24, 2.45) is 0 Å². The number of nitrogens with one attached hydrogen (secondary N) is 1. The molecular weight excluding hydrogens is 233 g/mol. The predicted octanol–water partition coefficient (Wildman–Crippen LogP) is 3.41. The summed E-state index contributed by atoms with van der Waals surface area (Å²) in [7, 11) is 0. The van der Waals surface area contributed by atoms with E-state index in [4.69, 9.17) is 23.2 Å². The van der Waals surface area contributed by atoms with Crippen LogP contribution in [0.2, 0.25) is 0 Å². The number of hydrogen-bond acceptors (Lipinski definition) is 1. The Kier molecular flexibility index (Phi) is 4.44. The summed E-state index contributed by atoms with van der Waals surface area (Å²) >= 11 is 10.6. The van der Waals surface area contributed by atoms with Gasteiger partial charge in [-0.1, -0.05) is 46.6 Å². The fourth-order valence-electron chi connectivity index (χ4n) is 0.935. The van der Waals surface area contributed by atoms with Crippen molar-refractivity contribution < 1.29 is 4.79 Å². The van der Waals surface area contributed by atoms with Crippen LogP contribution in [0.5, 0.6) is 0 Å². The van der Waals surface area contributed by atoms with Gasteiger partial charge in [-0.05, 0) is 19.1 Å². The third-order valence-corrected chi connectivity index (χ3v) is 1.85. The van der Waals surface area contributed by atoms with Crippen LogP contribution in [0.25, 0.3) is 0 Å². The number of amides is 1. The van der Waals surface area contributed by atoms with Gasteiger partial charge in [0, 0.05) is 11.8 Å². The van der Waals surface area contributed by atoms with E-state index in [0.717, 1.165) is 11.6 Å². The second kappa shape index (κ2) is 5.62. The molecule has 0 fully saturated rings. The highest BCUT2D eigenvalue weighted by Gasteiger charge is 1.96. The summed E-state index contributed by atoms with van der Waals surface area (Å²) in [5.41, 5.74) is 4.24. The number of rotatable bonds is 2. The average molecular weight is 242 g/mol. The molecule has 2 nitrogen and oxygen atoms in total. The second-order valence-electron chi connectivity index (χ2n) is 2.90. The van der Waals surface area contributed by atoms with Gasteiger partial charge in [-0.3, -0.25) is 4.79 Å². The monoisotopic (exact) mass is 241 g/mol. The molecule has 0 heterocycles. The summed E-state index contributed by atoms with van der Waals surface area (Å²) < 4.78 is -0.0749. The van der Waals surface area contributed by atoms with Crippen LogP contribution in [-0.2, 0) is 4.79 Å². The Labute approximate surface area is 98.2 Å². The van der Waals surface area contributed by atoms with Gasteiger partial charge in [-0.25, -0.2) is 0 Å². The van der Waals surface area contributed by atoms with Crippen LogP contribution in [0.4, 0.5) is 5.69 Å². The standard InChI is InChI=1S/C11H9Cl2NO/c1-8-2-4-9(5-3-8)14-11(15)7-6-10(12)13/h2-5,7H,1H3,(H,14,15). The summed E-state index contributed by atoms with van der Waals surface area (Å²) in [6.07, 6.45) is 1.15. The van der Waals surface area contributed by atoms with Crippen LogP contribution < -0.4 is 5.32 Å². The lowest BCUT2D eigenvalue weighted by Crippen LogP contribution is -2.07. The Bertz CT molecular complexity index is 413. The summed E-state index contributed by atoms with van der Waals surface area (Å²) in [6, 6.07) is 7.44. The van der Waals surface area contributed by atoms with Crippen LogP contribution in [0.1, 0.15) is 5.56 Å². The zero-order valence-electron chi connectivity index (χ0n) is 8.05. The van der Waals surface area contributed by atoms with E-state index in [1.807, 2.05) is 31.2 Å². The first-order valence-electron chi connectivity index (χ1n) is 4.23. The van der Waals surface area contributed by atoms with Crippen molar-refractivity contribution in [3.8, 4) is 0 Å². The van der Waals surface area contributed by atoms with Crippen molar-refractivity contribution in [1.29, 1.82) is 0 Å². The predicted molar refractivity (Wildman–Crippen MR) is 63.1 cm³/mol. The Hall–Kier alpha value is -1.21. The first kappa shape index (κ1) is 11.9. The number of benzene rings is 1. The van der Waals surface area contributed by atoms with Gasteiger partial charge in [0.1, 0.15) is 4.49 Å². The van der Waals surface area contributed by atoms with Crippen molar-refractivity contribution in [2.45, 2.75) is 6.92 Å². The minimum atomic E-state index is -0.322. The lowest BCUT2D eigenvalue weighted by molar-refractivity contribution is -0.111. The fraction of sp³-hybridized carbons (Fsp3) is 0.0909. The van der Waals surface area contributed by atoms with Gasteiger partial charge in [-0.2, -0.15) is 0 Å². The molecule has 0 aliphatic carbocycles. The number of halogens is 2. The van der Waals surface area contributed by atoms with Crippen molar-refractivity contribution in [3.63, 3.8) is 0 Å². The summed E-state index contributed by atoms with van der Waals surface area (Å²) in [5.74, 6) is -0.322. The zero-order valence-corrected chi connectivity index (χ0v) is 9.56. The van der Waals surface area contributed by atoms with Crippen molar-refractivity contribution in [3.05, 3.63) is 46.1 Å². The van der Waals surface area contributed by atoms with Crippen LogP contribution in [-0.4, -0.2) is 5.91 Å². The van der Waals surface area contributed by atoms with Crippen molar-refractivity contribution in [2.75, 3.05) is 5.32 Å². The fourth-order valence-corrected chi connectivity index (χ4v) is 1.04. The first-order valence-corrected chi connectivity index (χ1v) is 4.99. The molecule has 0 aliphatic heterocycles. The normalized spacial score (nSPS) is 9.00. The van der Waals surface area contributed by atoms with Gasteiger partial charge in [0.25, 0.3) is 5.91 Å². The molecule has 0 atom stereocenters. The highest BCUT2D eigenvalue weighted by atomic mass is 35.5. The molecule has 1 N–H and O–H groups in total. The van der Waals surface area contributed by atoms with E-state index in [9.17, 15) is 4.79 Å². The number of aryl methyl sites for hydroxylation is 1. The van der Waals surface area contributed by atoms with E-state index in [-0.39, 0.29) is 10.4 Å². The lowest BCUT2D eigenvalue weighted by atomic mass is 10.2. The molecule has 15 heavy (non-hydrogen) atoms. The van der Waals surface area contributed by atoms with Crippen LogP contribution in [0.15, 0.2) is 40.6 Å². The maximum atomic E-state index is 11.2. The summed E-state index contributed by atoms with van der Waals surface area (Å²) in [5, 5.41) is 2.64. The van der Waals surface area contributed by atoms with Crippen LogP contribution in [0.3, 0.4) is 0 Å². The molecule has 0 aliphatic rings. The molecular formula is C11H9Cl2NO. The second-order valence-corrected chi connectivity index (χ2v) is 3.85. The molecule has 0 radical (unpaired) electrons. The molecule has 0 saturated heterocycles. The van der Waals surface area contributed by atoms with Gasteiger partial charge >= 0.3 is 0 Å². The summed E-state index contributed by atoms with van der Waals surface area (Å²) in [6.45, 7) is 1.97. The highest BCUT2D eigenvalue weighted by molar-refractivity contribution is 6.55.